The Hall–Kier alpha value is -3.95. The molecule has 35 heavy (non-hydrogen) atoms. The second kappa shape index (κ2) is 8.68. The molecule has 0 aliphatic carbocycles. The van der Waals surface area contributed by atoms with Gasteiger partial charge in [-0.2, -0.15) is 0 Å². The third kappa shape index (κ3) is 3.78. The first-order chi connectivity index (χ1) is 16.9. The molecule has 3 aliphatic rings. The van der Waals surface area contributed by atoms with E-state index in [-0.39, 0.29) is 25.3 Å². The Labute approximate surface area is 202 Å². The topological polar surface area (TPSA) is 107 Å². The molecular formula is C25H27N3O7. The molecule has 2 aromatic rings. The molecule has 0 aromatic heterocycles. The van der Waals surface area contributed by atoms with Gasteiger partial charge in [0, 0.05) is 12.1 Å². The highest BCUT2D eigenvalue weighted by molar-refractivity contribution is 6.09. The Morgan fingerprint density at radius 1 is 1.11 bits per heavy atom. The van der Waals surface area contributed by atoms with Crippen molar-refractivity contribution in [2.75, 3.05) is 34.1 Å². The summed E-state index contributed by atoms with van der Waals surface area (Å²) in [4.78, 5) is 42.3. The Morgan fingerprint density at radius 2 is 1.91 bits per heavy atom. The molecule has 1 N–H and O–H groups in total. The number of nitrogens with zero attached hydrogens (tertiary/aromatic N) is 2. The van der Waals surface area contributed by atoms with Crippen LogP contribution in [-0.2, 0) is 15.1 Å². The molecule has 3 aliphatic heterocycles. The standard InChI is InChI=1S/C25H27N3O7/c1-25(15-6-8-20-21(11-15)35-14-34-20)23(30)28(24(31)26-25)13-22(29)27-10-4-5-18(27)17-12-16(32-2)7-9-19(17)33-3/h6-9,11-12,18H,4-5,10,13-14H2,1-3H3,(H,26,31)/t18-,25-/m1/s1. The van der Waals surface area contributed by atoms with E-state index in [1.165, 1.54) is 0 Å². The zero-order valence-electron chi connectivity index (χ0n) is 19.8. The minimum atomic E-state index is -1.32. The van der Waals surface area contributed by atoms with Gasteiger partial charge in [0.1, 0.15) is 23.6 Å². The van der Waals surface area contributed by atoms with Gasteiger partial charge in [-0.05, 0) is 55.7 Å². The fraction of sp³-hybridized carbons (Fsp3) is 0.400. The molecule has 0 spiro atoms. The molecule has 0 radical (unpaired) electrons. The number of hydrogen-bond donors (Lipinski definition) is 1. The van der Waals surface area contributed by atoms with Crippen molar-refractivity contribution < 1.29 is 33.3 Å². The van der Waals surface area contributed by atoms with E-state index in [1.807, 2.05) is 12.1 Å². The fourth-order valence-corrected chi connectivity index (χ4v) is 4.96. The fourth-order valence-electron chi connectivity index (χ4n) is 4.96. The number of carbonyl (C=O) groups is 3. The quantitative estimate of drug-likeness (QED) is 0.632. The van der Waals surface area contributed by atoms with Crippen LogP contribution in [0.4, 0.5) is 4.79 Å². The summed E-state index contributed by atoms with van der Waals surface area (Å²) in [5.74, 6) is 1.59. The predicted octanol–water partition coefficient (Wildman–Crippen LogP) is 2.56. The lowest BCUT2D eigenvalue weighted by Gasteiger charge is -2.28. The van der Waals surface area contributed by atoms with Crippen molar-refractivity contribution in [3.63, 3.8) is 0 Å². The molecule has 5 rings (SSSR count). The highest BCUT2D eigenvalue weighted by Crippen LogP contribution is 2.40. The SMILES string of the molecule is COc1ccc(OC)c([C@H]2CCCN2C(=O)CN2C(=O)N[C@](C)(c3ccc4c(c3)OCO4)C2=O)c1. The molecule has 10 heteroatoms. The predicted molar refractivity (Wildman–Crippen MR) is 123 cm³/mol. The van der Waals surface area contributed by atoms with Gasteiger partial charge in [0.2, 0.25) is 12.7 Å². The number of hydrogen-bond acceptors (Lipinski definition) is 7. The molecule has 10 nitrogen and oxygen atoms in total. The van der Waals surface area contributed by atoms with Crippen LogP contribution in [0, 0.1) is 0 Å². The van der Waals surface area contributed by atoms with Crippen LogP contribution in [-0.4, -0.2) is 61.7 Å². The van der Waals surface area contributed by atoms with Crippen LogP contribution in [0.25, 0.3) is 0 Å². The first-order valence-electron chi connectivity index (χ1n) is 11.4. The van der Waals surface area contributed by atoms with Gasteiger partial charge < -0.3 is 29.2 Å². The number of carbonyl (C=O) groups excluding carboxylic acids is 3. The summed E-state index contributed by atoms with van der Waals surface area (Å²) in [6.45, 7) is 1.89. The van der Waals surface area contributed by atoms with Crippen LogP contribution >= 0.6 is 0 Å². The lowest BCUT2D eigenvalue weighted by atomic mass is 9.91. The van der Waals surface area contributed by atoms with E-state index in [1.54, 1.807) is 50.3 Å². The number of methoxy groups -OCH3 is 2. The molecule has 184 valence electrons. The average molecular weight is 482 g/mol. The van der Waals surface area contributed by atoms with E-state index in [0.717, 1.165) is 23.3 Å². The lowest BCUT2D eigenvalue weighted by molar-refractivity contribution is -0.139. The molecule has 0 unspecified atom stereocenters. The van der Waals surface area contributed by atoms with E-state index in [4.69, 9.17) is 18.9 Å². The third-order valence-corrected chi connectivity index (χ3v) is 6.89. The molecule has 2 aromatic carbocycles. The van der Waals surface area contributed by atoms with Gasteiger partial charge in [-0.25, -0.2) is 4.79 Å². The van der Waals surface area contributed by atoms with E-state index in [0.29, 0.717) is 35.1 Å². The second-order valence-electron chi connectivity index (χ2n) is 8.87. The van der Waals surface area contributed by atoms with Crippen molar-refractivity contribution in [2.24, 2.45) is 0 Å². The van der Waals surface area contributed by atoms with Crippen LogP contribution in [0.1, 0.15) is 36.9 Å². The zero-order valence-corrected chi connectivity index (χ0v) is 19.8. The second-order valence-corrected chi connectivity index (χ2v) is 8.87. The van der Waals surface area contributed by atoms with Crippen molar-refractivity contribution in [1.82, 2.24) is 15.1 Å². The van der Waals surface area contributed by atoms with Crippen molar-refractivity contribution in [3.8, 4) is 23.0 Å². The minimum Gasteiger partial charge on any atom is -0.497 e. The van der Waals surface area contributed by atoms with Crippen molar-refractivity contribution >= 4 is 17.8 Å². The summed E-state index contributed by atoms with van der Waals surface area (Å²) in [5.41, 5.74) is 0.0639. The first kappa shape index (κ1) is 22.8. The molecule has 2 atom stereocenters. The molecule has 2 saturated heterocycles. The van der Waals surface area contributed by atoms with Crippen LogP contribution in [0.15, 0.2) is 36.4 Å². The maximum Gasteiger partial charge on any atom is 0.325 e. The number of likely N-dealkylation sites (tertiary alicyclic amines) is 1. The van der Waals surface area contributed by atoms with Gasteiger partial charge in [0.05, 0.1) is 20.3 Å². The smallest absolute Gasteiger partial charge is 0.325 e. The highest BCUT2D eigenvalue weighted by Gasteiger charge is 2.50. The summed E-state index contributed by atoms with van der Waals surface area (Å²) in [6.07, 6.45) is 1.54. The monoisotopic (exact) mass is 481 g/mol. The van der Waals surface area contributed by atoms with E-state index >= 15 is 0 Å². The summed E-state index contributed by atoms with van der Waals surface area (Å²) in [6, 6.07) is 9.70. The largest absolute Gasteiger partial charge is 0.497 e. The maximum atomic E-state index is 13.4. The average Bonchev–Trinajstić information content (AvgIpc) is 3.59. The van der Waals surface area contributed by atoms with Crippen molar-refractivity contribution in [3.05, 3.63) is 47.5 Å². The maximum absolute atomic E-state index is 13.4. The Balaban J connectivity index is 1.36. The highest BCUT2D eigenvalue weighted by atomic mass is 16.7. The minimum absolute atomic E-state index is 0.103. The number of imide groups is 1. The summed E-state index contributed by atoms with van der Waals surface area (Å²) >= 11 is 0. The van der Waals surface area contributed by atoms with Gasteiger partial charge in [-0.3, -0.25) is 14.5 Å². The Kier molecular flexibility index (Phi) is 5.66. The van der Waals surface area contributed by atoms with Gasteiger partial charge >= 0.3 is 6.03 Å². The molecule has 2 fully saturated rings. The molecule has 4 amide bonds. The van der Waals surface area contributed by atoms with Crippen molar-refractivity contribution in [2.45, 2.75) is 31.3 Å². The number of fused-ring (bicyclic) bond motifs is 1. The van der Waals surface area contributed by atoms with E-state index in [9.17, 15) is 14.4 Å². The van der Waals surface area contributed by atoms with Crippen molar-refractivity contribution in [1.29, 1.82) is 0 Å². The Morgan fingerprint density at radius 3 is 2.69 bits per heavy atom. The first-order valence-corrected chi connectivity index (χ1v) is 11.4. The molecule has 0 bridgehead atoms. The van der Waals surface area contributed by atoms with Crippen LogP contribution in [0.5, 0.6) is 23.0 Å². The van der Waals surface area contributed by atoms with Gasteiger partial charge in [0.15, 0.2) is 11.5 Å². The number of benzene rings is 2. The van der Waals surface area contributed by atoms with Gasteiger partial charge in [-0.1, -0.05) is 6.07 Å². The van der Waals surface area contributed by atoms with E-state index in [2.05, 4.69) is 5.32 Å². The summed E-state index contributed by atoms with van der Waals surface area (Å²) in [5, 5.41) is 2.74. The lowest BCUT2D eigenvalue weighted by Crippen LogP contribution is -2.44. The van der Waals surface area contributed by atoms with Gasteiger partial charge in [0.25, 0.3) is 5.91 Å². The van der Waals surface area contributed by atoms with Crippen LogP contribution in [0.2, 0.25) is 0 Å². The normalized spacial score (nSPS) is 23.0. The summed E-state index contributed by atoms with van der Waals surface area (Å²) < 4.78 is 21.6. The molecule has 0 saturated carbocycles. The number of rotatable bonds is 6. The number of ether oxygens (including phenoxy) is 4. The summed E-state index contributed by atoms with van der Waals surface area (Å²) in [7, 11) is 3.16. The molecular weight excluding hydrogens is 454 g/mol. The van der Waals surface area contributed by atoms with E-state index < -0.39 is 17.5 Å². The van der Waals surface area contributed by atoms with Crippen LogP contribution in [0.3, 0.4) is 0 Å². The number of nitrogens with one attached hydrogen (secondary N) is 1. The zero-order chi connectivity index (χ0) is 24.7. The molecule has 3 heterocycles. The van der Waals surface area contributed by atoms with Gasteiger partial charge in [-0.15, -0.1) is 0 Å². The third-order valence-electron chi connectivity index (χ3n) is 6.89. The number of amides is 4. The number of urea groups is 1. The van der Waals surface area contributed by atoms with Crippen LogP contribution < -0.4 is 24.3 Å². The Bertz CT molecular complexity index is 1200.